The first-order chi connectivity index (χ1) is 15.1. The molecular weight excluding hydrogens is 441 g/mol. The molecule has 1 aromatic heterocycles. The molecule has 32 heavy (non-hydrogen) atoms. The summed E-state index contributed by atoms with van der Waals surface area (Å²) >= 11 is 1.25. The molecule has 3 rings (SSSR count). The number of halogens is 3. The van der Waals surface area contributed by atoms with Crippen LogP contribution in [0.1, 0.15) is 34.1 Å². The topological polar surface area (TPSA) is 83.1 Å². The minimum absolute atomic E-state index is 0.0930. The quantitative estimate of drug-likeness (QED) is 0.477. The van der Waals surface area contributed by atoms with Gasteiger partial charge in [-0.25, -0.2) is 4.98 Å². The van der Waals surface area contributed by atoms with Crippen LogP contribution in [-0.2, 0) is 17.5 Å². The van der Waals surface area contributed by atoms with Crippen molar-refractivity contribution in [1.82, 2.24) is 15.6 Å². The first-order valence-corrected chi connectivity index (χ1v) is 10.5. The number of carbonyl (C=O) groups is 2. The van der Waals surface area contributed by atoms with Crippen LogP contribution in [-0.4, -0.2) is 22.8 Å². The summed E-state index contributed by atoms with van der Waals surface area (Å²) in [5, 5.41) is 10.3. The number of carbonyl (C=O) groups excluding carboxylic acids is 2. The van der Waals surface area contributed by atoms with Gasteiger partial charge in [-0.3, -0.25) is 9.59 Å². The van der Waals surface area contributed by atoms with E-state index in [0.717, 1.165) is 23.4 Å². The number of alkyl halides is 3. The van der Waals surface area contributed by atoms with E-state index in [9.17, 15) is 22.8 Å². The zero-order valence-corrected chi connectivity index (χ0v) is 18.1. The van der Waals surface area contributed by atoms with Crippen LogP contribution in [0.25, 0.3) is 0 Å². The van der Waals surface area contributed by atoms with E-state index in [4.69, 9.17) is 0 Å². The van der Waals surface area contributed by atoms with E-state index in [1.54, 1.807) is 5.38 Å². The first-order valence-electron chi connectivity index (χ1n) is 9.66. The molecule has 0 aliphatic heterocycles. The monoisotopic (exact) mass is 462 g/mol. The van der Waals surface area contributed by atoms with Gasteiger partial charge in [0, 0.05) is 17.6 Å². The van der Waals surface area contributed by atoms with Crippen LogP contribution < -0.4 is 16.0 Å². The molecule has 3 N–H and O–H groups in total. The molecule has 1 heterocycles. The lowest BCUT2D eigenvalue weighted by atomic mass is 10.1. The minimum Gasteiger partial charge on any atom is -0.350 e. The number of hydrogen-bond acceptors (Lipinski definition) is 5. The van der Waals surface area contributed by atoms with E-state index in [1.165, 1.54) is 30.4 Å². The number of benzene rings is 2. The van der Waals surface area contributed by atoms with Crippen molar-refractivity contribution in [3.63, 3.8) is 0 Å². The number of amides is 2. The van der Waals surface area contributed by atoms with Gasteiger partial charge in [-0.15, -0.1) is 11.3 Å². The first kappa shape index (κ1) is 23.3. The van der Waals surface area contributed by atoms with Crippen LogP contribution in [0.15, 0.2) is 53.9 Å². The van der Waals surface area contributed by atoms with Crippen molar-refractivity contribution < 1.29 is 22.8 Å². The third-order valence-electron chi connectivity index (χ3n) is 4.47. The van der Waals surface area contributed by atoms with Gasteiger partial charge in [0.1, 0.15) is 11.7 Å². The SMILES string of the molecule is Cc1cccc(Nc2nc(C(=O)N[C@H](C)C(=O)NCc3cccc(C(F)(F)F)c3)cs2)c1. The molecule has 0 spiro atoms. The molecule has 1 atom stereocenters. The number of nitrogens with zero attached hydrogens (tertiary/aromatic N) is 1. The van der Waals surface area contributed by atoms with Crippen LogP contribution >= 0.6 is 11.3 Å². The summed E-state index contributed by atoms with van der Waals surface area (Å²) in [4.78, 5) is 28.9. The Morgan fingerprint density at radius 3 is 2.59 bits per heavy atom. The smallest absolute Gasteiger partial charge is 0.350 e. The summed E-state index contributed by atoms with van der Waals surface area (Å²) in [6.45, 7) is 3.35. The Bertz CT molecular complexity index is 1110. The Morgan fingerprint density at radius 2 is 1.88 bits per heavy atom. The second-order valence-electron chi connectivity index (χ2n) is 7.14. The molecule has 2 aromatic carbocycles. The third kappa shape index (κ3) is 6.30. The summed E-state index contributed by atoms with van der Waals surface area (Å²) < 4.78 is 38.4. The largest absolute Gasteiger partial charge is 0.416 e. The number of nitrogens with one attached hydrogen (secondary N) is 3. The average Bonchev–Trinajstić information content (AvgIpc) is 3.20. The molecule has 2 amide bonds. The molecule has 3 aromatic rings. The van der Waals surface area contributed by atoms with Crippen LogP contribution in [0.5, 0.6) is 0 Å². The van der Waals surface area contributed by atoms with Gasteiger partial charge in [-0.2, -0.15) is 13.2 Å². The Balaban J connectivity index is 1.53. The molecule has 0 saturated heterocycles. The lowest BCUT2D eigenvalue weighted by molar-refractivity contribution is -0.137. The standard InChI is InChI=1S/C22H21F3N4O2S/c1-13-5-3-8-17(9-13)28-21-29-18(12-32-21)20(31)27-14(2)19(30)26-11-15-6-4-7-16(10-15)22(23,24)25/h3-10,12,14H,11H2,1-2H3,(H,26,30)(H,27,31)(H,28,29)/t14-/m1/s1. The molecule has 168 valence electrons. The van der Waals surface area contributed by atoms with E-state index < -0.39 is 29.6 Å². The van der Waals surface area contributed by atoms with Gasteiger partial charge in [-0.1, -0.05) is 24.3 Å². The summed E-state index contributed by atoms with van der Waals surface area (Å²) in [5.41, 5.74) is 1.59. The highest BCUT2D eigenvalue weighted by atomic mass is 32.1. The second kappa shape index (κ2) is 9.82. The van der Waals surface area contributed by atoms with Gasteiger partial charge in [0.15, 0.2) is 5.13 Å². The molecule has 0 fully saturated rings. The number of rotatable bonds is 7. The van der Waals surface area contributed by atoms with Crippen molar-refractivity contribution in [3.05, 3.63) is 76.3 Å². The van der Waals surface area contributed by atoms with Crippen LogP contribution in [0.2, 0.25) is 0 Å². The maximum atomic E-state index is 12.8. The number of thiazole rings is 1. The average molecular weight is 462 g/mol. The van der Waals surface area contributed by atoms with E-state index in [1.807, 2.05) is 31.2 Å². The summed E-state index contributed by atoms with van der Waals surface area (Å²) in [6.07, 6.45) is -4.46. The Kier molecular flexibility index (Phi) is 7.14. The maximum Gasteiger partial charge on any atom is 0.416 e. The molecule has 0 aliphatic carbocycles. The van der Waals surface area contributed by atoms with Gasteiger partial charge in [-0.05, 0) is 49.2 Å². The molecule has 10 heteroatoms. The van der Waals surface area contributed by atoms with Gasteiger partial charge in [0.05, 0.1) is 5.56 Å². The molecule has 0 aliphatic rings. The lowest BCUT2D eigenvalue weighted by Crippen LogP contribution is -2.44. The lowest BCUT2D eigenvalue weighted by Gasteiger charge is -2.14. The van der Waals surface area contributed by atoms with Crippen LogP contribution in [0.4, 0.5) is 24.0 Å². The molecular formula is C22H21F3N4O2S. The fourth-order valence-electron chi connectivity index (χ4n) is 2.82. The predicted molar refractivity (Wildman–Crippen MR) is 117 cm³/mol. The van der Waals surface area contributed by atoms with Gasteiger partial charge in [0.2, 0.25) is 5.91 Å². The molecule has 6 nitrogen and oxygen atoms in total. The molecule has 0 radical (unpaired) electrons. The Morgan fingerprint density at radius 1 is 1.12 bits per heavy atom. The van der Waals surface area contributed by atoms with E-state index in [2.05, 4.69) is 20.9 Å². The highest BCUT2D eigenvalue weighted by Gasteiger charge is 2.30. The van der Waals surface area contributed by atoms with E-state index in [-0.39, 0.29) is 12.2 Å². The fraction of sp³-hybridized carbons (Fsp3) is 0.227. The van der Waals surface area contributed by atoms with Crippen molar-refractivity contribution in [1.29, 1.82) is 0 Å². The highest BCUT2D eigenvalue weighted by molar-refractivity contribution is 7.14. The Hall–Kier alpha value is -3.40. The van der Waals surface area contributed by atoms with Crippen molar-refractivity contribution in [3.8, 4) is 0 Å². The van der Waals surface area contributed by atoms with E-state index >= 15 is 0 Å². The molecule has 0 saturated carbocycles. The van der Waals surface area contributed by atoms with E-state index in [0.29, 0.717) is 10.7 Å². The van der Waals surface area contributed by atoms with Crippen molar-refractivity contribution >= 4 is 34.0 Å². The van der Waals surface area contributed by atoms with Crippen LogP contribution in [0.3, 0.4) is 0 Å². The Labute approximate surface area is 186 Å². The highest BCUT2D eigenvalue weighted by Crippen LogP contribution is 2.29. The van der Waals surface area contributed by atoms with Crippen molar-refractivity contribution in [2.24, 2.45) is 0 Å². The van der Waals surface area contributed by atoms with Crippen LogP contribution in [0, 0.1) is 6.92 Å². The zero-order chi connectivity index (χ0) is 23.3. The number of anilines is 2. The second-order valence-corrected chi connectivity index (χ2v) is 8.00. The normalized spacial score (nSPS) is 12.2. The van der Waals surface area contributed by atoms with Gasteiger partial charge in [0.25, 0.3) is 5.91 Å². The number of hydrogen-bond donors (Lipinski definition) is 3. The summed E-state index contributed by atoms with van der Waals surface area (Å²) in [7, 11) is 0. The maximum absolute atomic E-state index is 12.8. The van der Waals surface area contributed by atoms with Crippen molar-refractivity contribution in [2.75, 3.05) is 5.32 Å². The number of aromatic nitrogens is 1. The van der Waals surface area contributed by atoms with Gasteiger partial charge >= 0.3 is 6.18 Å². The summed E-state index contributed by atoms with van der Waals surface area (Å²) in [5.74, 6) is -1.05. The van der Waals surface area contributed by atoms with Gasteiger partial charge < -0.3 is 16.0 Å². The molecule has 0 unspecified atom stereocenters. The fourth-order valence-corrected chi connectivity index (χ4v) is 3.53. The molecule has 0 bridgehead atoms. The predicted octanol–water partition coefficient (Wildman–Crippen LogP) is 4.65. The number of aryl methyl sites for hydroxylation is 1. The minimum atomic E-state index is -4.46. The zero-order valence-electron chi connectivity index (χ0n) is 17.3. The third-order valence-corrected chi connectivity index (χ3v) is 5.23. The summed E-state index contributed by atoms with van der Waals surface area (Å²) in [6, 6.07) is 11.5. The van der Waals surface area contributed by atoms with Crippen molar-refractivity contribution in [2.45, 2.75) is 32.6 Å².